The molecular weight excluding hydrogens is 446 g/mol. The number of para-hydroxylation sites is 1. The molecule has 1 aliphatic heterocycles. The van der Waals surface area contributed by atoms with E-state index >= 15 is 0 Å². The van der Waals surface area contributed by atoms with Crippen LogP contribution in [-0.4, -0.2) is 42.1 Å². The Kier molecular flexibility index (Phi) is 5.75. The highest BCUT2D eigenvalue weighted by molar-refractivity contribution is 5.91. The second kappa shape index (κ2) is 8.64. The quantitative estimate of drug-likeness (QED) is 0.498. The molecule has 1 saturated carbocycles. The second-order valence-corrected chi connectivity index (χ2v) is 10.3. The third kappa shape index (κ3) is 4.03. The zero-order chi connectivity index (χ0) is 24.9. The van der Waals surface area contributed by atoms with Gasteiger partial charge < -0.3 is 25.9 Å². The van der Waals surface area contributed by atoms with E-state index in [1.807, 2.05) is 36.4 Å². The minimum Gasteiger partial charge on any atom is -0.492 e. The summed E-state index contributed by atoms with van der Waals surface area (Å²) in [5, 5.41) is 0.377. The molecule has 9 heteroatoms. The fourth-order valence-corrected chi connectivity index (χ4v) is 5.40. The number of nitrogens with two attached hydrogens (primary N) is 2. The summed E-state index contributed by atoms with van der Waals surface area (Å²) in [5.41, 5.74) is 6.88. The molecule has 5 rings (SSSR count). The van der Waals surface area contributed by atoms with Crippen molar-refractivity contribution < 1.29 is 9.47 Å². The predicted octanol–water partition coefficient (Wildman–Crippen LogP) is 2.09. The fourth-order valence-electron chi connectivity index (χ4n) is 5.40. The molecule has 2 aliphatic rings. The van der Waals surface area contributed by atoms with Gasteiger partial charge in [-0.05, 0) is 42.5 Å². The molecule has 2 heterocycles. The molecule has 2 aromatic carbocycles. The molecule has 3 aromatic rings. The van der Waals surface area contributed by atoms with Crippen LogP contribution in [-0.2, 0) is 0 Å². The molecule has 0 spiro atoms. The number of benzene rings is 2. The predicted molar refractivity (Wildman–Crippen MR) is 137 cm³/mol. The van der Waals surface area contributed by atoms with Crippen LogP contribution in [0.4, 0.5) is 5.69 Å². The third-order valence-corrected chi connectivity index (χ3v) is 7.39. The number of nitrogens with zero attached hydrogens (tertiary/aromatic N) is 3. The highest BCUT2D eigenvalue weighted by Gasteiger charge is 2.44. The van der Waals surface area contributed by atoms with Gasteiger partial charge in [0.1, 0.15) is 17.9 Å². The van der Waals surface area contributed by atoms with Crippen LogP contribution in [0.25, 0.3) is 10.9 Å². The average molecular weight is 480 g/mol. The number of rotatable bonds is 7. The van der Waals surface area contributed by atoms with Crippen molar-refractivity contribution in [2.24, 2.45) is 17.1 Å². The Bertz CT molecular complexity index is 1360. The number of hydrogen-bond donors (Lipinski definition) is 2. The summed E-state index contributed by atoms with van der Waals surface area (Å²) in [6, 6.07) is 13.2. The van der Waals surface area contributed by atoms with Gasteiger partial charge in [0.15, 0.2) is 5.75 Å². The number of nitrogen functional groups attached to an aromatic ring is 1. The van der Waals surface area contributed by atoms with E-state index in [1.54, 1.807) is 17.7 Å². The topological polar surface area (TPSA) is 118 Å². The molecule has 0 amide bonds. The van der Waals surface area contributed by atoms with E-state index in [1.165, 1.54) is 0 Å². The van der Waals surface area contributed by atoms with Crippen molar-refractivity contribution in [2.45, 2.75) is 38.8 Å². The minimum atomic E-state index is -0.522. The Morgan fingerprint density at radius 1 is 1.11 bits per heavy atom. The monoisotopic (exact) mass is 479 g/mol. The Morgan fingerprint density at radius 3 is 2.49 bits per heavy atom. The van der Waals surface area contributed by atoms with Crippen LogP contribution in [0.2, 0.25) is 0 Å². The maximum absolute atomic E-state index is 12.9. The van der Waals surface area contributed by atoms with Gasteiger partial charge in [-0.2, -0.15) is 4.68 Å². The first-order valence-corrected chi connectivity index (χ1v) is 12.0. The number of fused-ring (bicyclic) bond motifs is 1. The van der Waals surface area contributed by atoms with Crippen LogP contribution in [0.5, 0.6) is 11.5 Å². The SMILES string of the molecule is COc1c(N2C[C@@H]([C@@H](N)COc3ccccc3)C(C)(C)C2)ccc2c(=O)n(N)c(=O)n(C3CC3)c12. The number of ether oxygens (including phenoxy) is 2. The largest absolute Gasteiger partial charge is 0.492 e. The van der Waals surface area contributed by atoms with Gasteiger partial charge in [0.2, 0.25) is 0 Å². The van der Waals surface area contributed by atoms with Gasteiger partial charge in [-0.25, -0.2) is 4.79 Å². The van der Waals surface area contributed by atoms with Gasteiger partial charge in [0.05, 0.1) is 18.2 Å². The lowest BCUT2D eigenvalue weighted by atomic mass is 9.78. The van der Waals surface area contributed by atoms with E-state index in [4.69, 9.17) is 21.1 Å². The van der Waals surface area contributed by atoms with Crippen LogP contribution in [0.3, 0.4) is 0 Å². The molecule has 1 aromatic heterocycles. The van der Waals surface area contributed by atoms with E-state index in [0.717, 1.165) is 30.8 Å². The molecular formula is C26H33N5O4. The number of anilines is 1. The summed E-state index contributed by atoms with van der Waals surface area (Å²) < 4.78 is 14.1. The molecule has 4 N–H and O–H groups in total. The number of methoxy groups -OCH3 is 1. The van der Waals surface area contributed by atoms with E-state index < -0.39 is 11.2 Å². The molecule has 186 valence electrons. The summed E-state index contributed by atoms with van der Waals surface area (Å²) >= 11 is 0. The van der Waals surface area contributed by atoms with E-state index in [0.29, 0.717) is 34.5 Å². The first kappa shape index (κ1) is 23.3. The number of aromatic nitrogens is 2. The van der Waals surface area contributed by atoms with Gasteiger partial charge in [-0.15, -0.1) is 0 Å². The summed E-state index contributed by atoms with van der Waals surface area (Å²) in [4.78, 5) is 28.0. The molecule has 2 fully saturated rings. The van der Waals surface area contributed by atoms with Crippen LogP contribution in [0.1, 0.15) is 32.7 Å². The zero-order valence-corrected chi connectivity index (χ0v) is 20.4. The van der Waals surface area contributed by atoms with Crippen molar-refractivity contribution in [3.8, 4) is 11.5 Å². The van der Waals surface area contributed by atoms with Crippen molar-refractivity contribution in [3.05, 3.63) is 63.3 Å². The summed E-state index contributed by atoms with van der Waals surface area (Å²) in [5.74, 6) is 7.30. The van der Waals surface area contributed by atoms with Crippen LogP contribution in [0, 0.1) is 11.3 Å². The molecule has 2 atom stereocenters. The molecule has 1 saturated heterocycles. The highest BCUT2D eigenvalue weighted by atomic mass is 16.5. The molecule has 0 bridgehead atoms. The lowest BCUT2D eigenvalue weighted by Gasteiger charge is -2.30. The van der Waals surface area contributed by atoms with Gasteiger partial charge in [0, 0.05) is 31.1 Å². The maximum Gasteiger partial charge on any atom is 0.350 e. The first-order valence-electron chi connectivity index (χ1n) is 12.0. The van der Waals surface area contributed by atoms with Gasteiger partial charge in [-0.3, -0.25) is 9.36 Å². The van der Waals surface area contributed by atoms with Crippen LogP contribution >= 0.6 is 0 Å². The molecule has 35 heavy (non-hydrogen) atoms. The highest BCUT2D eigenvalue weighted by Crippen LogP contribution is 2.45. The molecule has 1 aliphatic carbocycles. The van der Waals surface area contributed by atoms with E-state index in [9.17, 15) is 9.59 Å². The van der Waals surface area contributed by atoms with Crippen molar-refractivity contribution >= 4 is 16.6 Å². The van der Waals surface area contributed by atoms with Crippen molar-refractivity contribution in [1.29, 1.82) is 0 Å². The van der Waals surface area contributed by atoms with Crippen molar-refractivity contribution in [2.75, 3.05) is 37.5 Å². The lowest BCUT2D eigenvalue weighted by Crippen LogP contribution is -2.44. The zero-order valence-electron chi connectivity index (χ0n) is 20.4. The van der Waals surface area contributed by atoms with Crippen molar-refractivity contribution in [1.82, 2.24) is 9.24 Å². The maximum atomic E-state index is 12.9. The summed E-state index contributed by atoms with van der Waals surface area (Å²) in [7, 11) is 1.58. The van der Waals surface area contributed by atoms with Gasteiger partial charge in [0.25, 0.3) is 5.56 Å². The first-order chi connectivity index (χ1) is 16.7. The normalized spacial score (nSPS) is 20.2. The number of hydrogen-bond acceptors (Lipinski definition) is 7. The molecule has 9 nitrogen and oxygen atoms in total. The summed E-state index contributed by atoms with van der Waals surface area (Å²) in [6.45, 7) is 6.29. The second-order valence-electron chi connectivity index (χ2n) is 10.3. The Morgan fingerprint density at radius 2 is 1.83 bits per heavy atom. The van der Waals surface area contributed by atoms with Crippen molar-refractivity contribution in [3.63, 3.8) is 0 Å². The average Bonchev–Trinajstić information content (AvgIpc) is 3.63. The summed E-state index contributed by atoms with van der Waals surface area (Å²) in [6.07, 6.45) is 1.74. The molecule has 0 unspecified atom stereocenters. The van der Waals surface area contributed by atoms with Crippen LogP contribution < -0.4 is 37.2 Å². The Labute approximate surface area is 203 Å². The third-order valence-electron chi connectivity index (χ3n) is 7.39. The minimum absolute atomic E-state index is 0.0240. The fraction of sp³-hybridized carbons (Fsp3) is 0.462. The standard InChI is InChI=1S/C26H33N5O4/c1-26(2)15-29(13-19(26)20(27)14-35-17-7-5-4-6-8-17)21-12-11-18-22(23(21)34-3)30(16-9-10-16)25(33)31(28)24(18)32/h4-8,11-12,16,19-20H,9-10,13-15,27-28H2,1-3H3/t19-,20-/m0/s1. The smallest absolute Gasteiger partial charge is 0.350 e. The molecule has 0 radical (unpaired) electrons. The van der Waals surface area contributed by atoms with Crippen LogP contribution in [0.15, 0.2) is 52.1 Å². The van der Waals surface area contributed by atoms with Gasteiger partial charge >= 0.3 is 5.69 Å². The lowest BCUT2D eigenvalue weighted by molar-refractivity contribution is 0.185. The van der Waals surface area contributed by atoms with Gasteiger partial charge in [-0.1, -0.05) is 32.0 Å². The Hall–Kier alpha value is -3.46. The van der Waals surface area contributed by atoms with E-state index in [2.05, 4.69) is 18.7 Å². The Balaban J connectivity index is 1.50. The van der Waals surface area contributed by atoms with E-state index in [-0.39, 0.29) is 23.4 Å².